The van der Waals surface area contributed by atoms with Crippen LogP contribution in [0.3, 0.4) is 0 Å². The number of Topliss-reactive ketones (excluding diaryl/α,β-unsaturated/α-hetero) is 2. The van der Waals surface area contributed by atoms with Gasteiger partial charge in [-0.2, -0.15) is 0 Å². The number of nitrogens with zero attached hydrogens (tertiary/aromatic N) is 1. The van der Waals surface area contributed by atoms with Crippen LogP contribution in [-0.4, -0.2) is 35.6 Å². The molecular weight excluding hydrogens is 648 g/mol. The summed E-state index contributed by atoms with van der Waals surface area (Å²) in [7, 11) is 0. The van der Waals surface area contributed by atoms with E-state index in [1.54, 1.807) is 6.07 Å². The number of hydrogen-bond acceptors (Lipinski definition) is 6. The molecule has 2 aliphatic carbocycles. The fourth-order valence-corrected chi connectivity index (χ4v) is 7.96. The monoisotopic (exact) mass is 694 g/mol. The summed E-state index contributed by atoms with van der Waals surface area (Å²) in [5, 5.41) is 3.17. The first-order valence-electron chi connectivity index (χ1n) is 17.5. The van der Waals surface area contributed by atoms with Crippen molar-refractivity contribution < 1.29 is 23.9 Å². The second kappa shape index (κ2) is 13.7. The largest absolute Gasteiger partial charge is 0.490 e. The van der Waals surface area contributed by atoms with Crippen molar-refractivity contribution in [3.05, 3.63) is 110 Å². The van der Waals surface area contributed by atoms with E-state index in [1.165, 1.54) is 0 Å². The first-order chi connectivity index (χ1) is 23.7. The van der Waals surface area contributed by atoms with Crippen molar-refractivity contribution in [1.29, 1.82) is 0 Å². The van der Waals surface area contributed by atoms with Crippen LogP contribution in [0.1, 0.15) is 88.5 Å². The van der Waals surface area contributed by atoms with Gasteiger partial charge in [0.25, 0.3) is 5.91 Å². The first kappa shape index (κ1) is 35.5. The topological polar surface area (TPSA) is 84.9 Å². The maximum Gasteiger partial charge on any atom is 0.262 e. The number of allylic oxidation sites excluding steroid dienone is 4. The third kappa shape index (κ3) is 7.25. The number of rotatable bonds is 9. The number of ketones is 2. The minimum Gasteiger partial charge on any atom is -0.490 e. The lowest BCUT2D eigenvalue weighted by molar-refractivity contribution is -0.120. The molecule has 1 heterocycles. The van der Waals surface area contributed by atoms with Crippen LogP contribution in [0.4, 0.5) is 5.69 Å². The Bertz CT molecular complexity index is 1870. The second-order valence-corrected chi connectivity index (χ2v) is 15.9. The van der Waals surface area contributed by atoms with Crippen molar-refractivity contribution in [3.63, 3.8) is 0 Å². The molecule has 262 valence electrons. The molecule has 8 heteroatoms. The highest BCUT2D eigenvalue weighted by atomic mass is 35.5. The van der Waals surface area contributed by atoms with Gasteiger partial charge in [0.2, 0.25) is 0 Å². The number of anilines is 1. The normalized spacial score (nSPS) is 18.5. The van der Waals surface area contributed by atoms with E-state index in [2.05, 4.69) is 50.0 Å². The van der Waals surface area contributed by atoms with Crippen molar-refractivity contribution in [2.45, 2.75) is 86.6 Å². The van der Waals surface area contributed by atoms with Crippen LogP contribution in [0.15, 0.2) is 83.2 Å². The summed E-state index contributed by atoms with van der Waals surface area (Å²) in [6.45, 7) is 14.9. The fourth-order valence-electron chi connectivity index (χ4n) is 7.69. The molecule has 0 unspecified atom stereocenters. The van der Waals surface area contributed by atoms with E-state index in [4.69, 9.17) is 21.1 Å². The number of carbonyl (C=O) groups excluding carboxylic acids is 3. The lowest BCUT2D eigenvalue weighted by Gasteiger charge is -2.49. The molecule has 0 bridgehead atoms. The smallest absolute Gasteiger partial charge is 0.262 e. The third-order valence-corrected chi connectivity index (χ3v) is 10.2. The summed E-state index contributed by atoms with van der Waals surface area (Å²) in [4.78, 5) is 43.9. The summed E-state index contributed by atoms with van der Waals surface area (Å²) in [5.74, 6) is -0.245. The minimum atomic E-state index is -0.599. The summed E-state index contributed by atoms with van der Waals surface area (Å²) in [6, 6.07) is 19.7. The maximum absolute atomic E-state index is 14.3. The molecule has 6 rings (SSSR count). The van der Waals surface area contributed by atoms with Gasteiger partial charge in [0.1, 0.15) is 0 Å². The van der Waals surface area contributed by atoms with E-state index in [9.17, 15) is 14.4 Å². The fraction of sp³-hybridized carbons (Fsp3) is 0.405. The molecule has 0 radical (unpaired) electrons. The molecule has 0 saturated heterocycles. The van der Waals surface area contributed by atoms with Gasteiger partial charge in [-0.25, -0.2) is 0 Å². The predicted octanol–water partition coefficient (Wildman–Crippen LogP) is 9.26. The summed E-state index contributed by atoms with van der Waals surface area (Å²) in [5.41, 5.74) is 7.29. The van der Waals surface area contributed by atoms with Crippen LogP contribution in [0, 0.1) is 24.7 Å². The van der Waals surface area contributed by atoms with Crippen molar-refractivity contribution in [2.24, 2.45) is 10.8 Å². The van der Waals surface area contributed by atoms with E-state index in [1.807, 2.05) is 63.2 Å². The molecule has 1 N–H and O–H groups in total. The Morgan fingerprint density at radius 3 is 2.08 bits per heavy atom. The molecule has 0 atom stereocenters. The molecule has 0 saturated carbocycles. The van der Waals surface area contributed by atoms with Gasteiger partial charge in [-0.15, -0.1) is 0 Å². The van der Waals surface area contributed by atoms with Crippen LogP contribution in [0.25, 0.3) is 0 Å². The van der Waals surface area contributed by atoms with Crippen LogP contribution < -0.4 is 14.8 Å². The number of amides is 1. The van der Waals surface area contributed by atoms with Crippen molar-refractivity contribution in [3.8, 4) is 11.5 Å². The Hall–Kier alpha value is -4.36. The van der Waals surface area contributed by atoms with Crippen molar-refractivity contribution >= 4 is 34.8 Å². The van der Waals surface area contributed by atoms with Gasteiger partial charge >= 0.3 is 0 Å². The molecule has 1 aliphatic heterocycles. The predicted molar refractivity (Wildman–Crippen MR) is 197 cm³/mol. The molecule has 7 nitrogen and oxygen atoms in total. The first-order valence-corrected chi connectivity index (χ1v) is 17.8. The van der Waals surface area contributed by atoms with Crippen LogP contribution >= 0.6 is 11.6 Å². The highest BCUT2D eigenvalue weighted by Crippen LogP contribution is 2.55. The lowest BCUT2D eigenvalue weighted by atomic mass is 9.63. The van der Waals surface area contributed by atoms with E-state index < -0.39 is 5.92 Å². The van der Waals surface area contributed by atoms with Gasteiger partial charge in [-0.05, 0) is 84.9 Å². The highest BCUT2D eigenvalue weighted by molar-refractivity contribution is 6.32. The molecule has 0 aromatic heterocycles. The summed E-state index contributed by atoms with van der Waals surface area (Å²) in [6.07, 6.45) is 2.16. The minimum absolute atomic E-state index is 0.0426. The van der Waals surface area contributed by atoms with Crippen molar-refractivity contribution in [1.82, 2.24) is 4.90 Å². The Morgan fingerprint density at radius 1 is 0.860 bits per heavy atom. The Labute approximate surface area is 300 Å². The third-order valence-electron chi connectivity index (χ3n) is 9.89. The molecule has 3 aliphatic rings. The number of aryl methyl sites for hydroxylation is 2. The van der Waals surface area contributed by atoms with Crippen LogP contribution in [0.2, 0.25) is 5.02 Å². The average molecular weight is 695 g/mol. The summed E-state index contributed by atoms with van der Waals surface area (Å²) >= 11 is 6.98. The van der Waals surface area contributed by atoms with Gasteiger partial charge in [0, 0.05) is 53.5 Å². The zero-order valence-corrected chi connectivity index (χ0v) is 30.9. The molecule has 0 spiro atoms. The van der Waals surface area contributed by atoms with E-state index in [0.29, 0.717) is 61.3 Å². The SMILES string of the molecule is CCOc1cc(C2C3=C(CC(C)(C)CC3=O)N(Cc3ccccc3)C3=C2C(=O)CC(C)(C)C3)cc(Cl)c1OCC(=O)Nc1cc(C)ccc1C. The number of halogens is 1. The van der Waals surface area contributed by atoms with Gasteiger partial charge in [-0.1, -0.05) is 81.8 Å². The van der Waals surface area contributed by atoms with Crippen molar-refractivity contribution in [2.75, 3.05) is 18.5 Å². The average Bonchev–Trinajstić information content (AvgIpc) is 3.02. The molecule has 1 amide bonds. The lowest BCUT2D eigenvalue weighted by Crippen LogP contribution is -2.44. The van der Waals surface area contributed by atoms with Gasteiger partial charge in [-0.3, -0.25) is 14.4 Å². The quantitative estimate of drug-likeness (QED) is 0.240. The molecular formula is C42H47ClN2O5. The van der Waals surface area contributed by atoms with E-state index in [-0.39, 0.29) is 45.7 Å². The van der Waals surface area contributed by atoms with Gasteiger partial charge in [0.05, 0.1) is 11.6 Å². The summed E-state index contributed by atoms with van der Waals surface area (Å²) < 4.78 is 12.1. The molecule has 3 aromatic carbocycles. The van der Waals surface area contributed by atoms with Crippen LogP contribution in [-0.2, 0) is 20.9 Å². The number of nitrogens with one attached hydrogen (secondary N) is 1. The second-order valence-electron chi connectivity index (χ2n) is 15.5. The Morgan fingerprint density at radius 2 is 1.48 bits per heavy atom. The molecule has 3 aromatic rings. The Kier molecular flexibility index (Phi) is 9.75. The number of carbonyl (C=O) groups is 3. The number of hydrogen-bond donors (Lipinski definition) is 1. The highest BCUT2D eigenvalue weighted by Gasteiger charge is 2.49. The number of ether oxygens (including phenoxy) is 2. The van der Waals surface area contributed by atoms with Crippen LogP contribution in [0.5, 0.6) is 11.5 Å². The molecule has 50 heavy (non-hydrogen) atoms. The van der Waals surface area contributed by atoms with E-state index >= 15 is 0 Å². The standard InChI is InChI=1S/C42H47ClN2O5/c1-8-49-35-18-28(17-29(43)40(35)50-24-36(48)44-30-16-25(2)14-15-26(30)3)37-38-31(19-41(4,5)21-33(38)46)45(23-27-12-10-9-11-13-27)32-20-42(6,7)22-34(47)39(32)37/h9-18,37H,8,19-24H2,1-7H3,(H,44,48). The number of benzene rings is 3. The Balaban J connectivity index is 1.43. The zero-order valence-electron chi connectivity index (χ0n) is 30.2. The van der Waals surface area contributed by atoms with Gasteiger partial charge in [0.15, 0.2) is 29.7 Å². The maximum atomic E-state index is 14.3. The molecule has 0 fully saturated rings. The van der Waals surface area contributed by atoms with E-state index in [0.717, 1.165) is 33.8 Å². The van der Waals surface area contributed by atoms with Gasteiger partial charge < -0.3 is 19.7 Å². The zero-order chi connectivity index (χ0) is 36.0.